The van der Waals surface area contributed by atoms with Gasteiger partial charge in [-0.25, -0.2) is 0 Å². The van der Waals surface area contributed by atoms with Gasteiger partial charge in [-0.2, -0.15) is 0 Å². The number of nitrogens with zero attached hydrogens (tertiary/aromatic N) is 2. The van der Waals surface area contributed by atoms with E-state index in [1.54, 1.807) is 0 Å². The van der Waals surface area contributed by atoms with Gasteiger partial charge in [0.05, 0.1) is 0 Å². The molecule has 208 valence electrons. The number of carbonyl (C=O) groups excluding carboxylic acids is 2. The number of benzene rings is 2. The maximum atomic E-state index is 13.6. The molecule has 0 aromatic heterocycles. The molecule has 1 aliphatic heterocycles. The summed E-state index contributed by atoms with van der Waals surface area (Å²) in [6.45, 7) is 11.3. The van der Waals surface area contributed by atoms with E-state index in [1.165, 1.54) is 60.9 Å². The predicted octanol–water partition coefficient (Wildman–Crippen LogP) is 5.87. The lowest BCUT2D eigenvalue weighted by Gasteiger charge is -2.57. The van der Waals surface area contributed by atoms with Crippen molar-refractivity contribution in [1.29, 1.82) is 0 Å². The van der Waals surface area contributed by atoms with E-state index in [2.05, 4.69) is 54.4 Å². The average molecular weight is 528 g/mol. The molecule has 5 heteroatoms. The molecule has 5 fully saturated rings. The molecule has 4 bridgehead atoms. The van der Waals surface area contributed by atoms with E-state index in [-0.39, 0.29) is 17.7 Å². The summed E-state index contributed by atoms with van der Waals surface area (Å²) in [5.74, 6) is 2.61. The van der Waals surface area contributed by atoms with Crippen LogP contribution in [0.25, 0.3) is 0 Å². The fourth-order valence-electron chi connectivity index (χ4n) is 8.60. The number of nitrogens with one attached hydrogen (secondary N) is 1. The van der Waals surface area contributed by atoms with Crippen molar-refractivity contribution in [3.05, 3.63) is 64.7 Å². The van der Waals surface area contributed by atoms with Gasteiger partial charge in [0.25, 0.3) is 5.91 Å². The molecule has 0 radical (unpaired) electrons. The monoisotopic (exact) mass is 527 g/mol. The Morgan fingerprint density at radius 2 is 1.44 bits per heavy atom. The Balaban J connectivity index is 1.09. The van der Waals surface area contributed by atoms with Crippen LogP contribution in [0.1, 0.15) is 79.4 Å². The molecule has 0 spiro atoms. The van der Waals surface area contributed by atoms with Crippen molar-refractivity contribution in [2.24, 2.45) is 23.7 Å². The molecule has 4 saturated carbocycles. The minimum absolute atomic E-state index is 0.0183. The van der Waals surface area contributed by atoms with Gasteiger partial charge in [0.15, 0.2) is 0 Å². The lowest BCUT2D eigenvalue weighted by atomic mass is 9.48. The molecule has 1 N–H and O–H groups in total. The van der Waals surface area contributed by atoms with Gasteiger partial charge in [0, 0.05) is 37.4 Å². The van der Waals surface area contributed by atoms with Crippen LogP contribution in [0, 0.1) is 37.5 Å². The normalized spacial score (nSPS) is 28.6. The second kappa shape index (κ2) is 10.3. The summed E-state index contributed by atoms with van der Waals surface area (Å²) < 4.78 is 0. The summed E-state index contributed by atoms with van der Waals surface area (Å²) in [5.41, 5.74) is 6.19. The zero-order valence-electron chi connectivity index (χ0n) is 24.2. The molecule has 2 aromatic carbocycles. The van der Waals surface area contributed by atoms with Crippen molar-refractivity contribution in [2.45, 2.75) is 77.7 Å². The fraction of sp³-hybridized carbons (Fsp3) is 0.588. The third kappa shape index (κ3) is 5.10. The van der Waals surface area contributed by atoms with E-state index < -0.39 is 6.04 Å². The Bertz CT molecular complexity index is 1190. The summed E-state index contributed by atoms with van der Waals surface area (Å²) in [6, 6.07) is 14.4. The Morgan fingerprint density at radius 3 is 2.00 bits per heavy atom. The fourth-order valence-corrected chi connectivity index (χ4v) is 8.60. The average Bonchev–Trinajstić information content (AvgIpc) is 2.92. The van der Waals surface area contributed by atoms with Crippen molar-refractivity contribution >= 4 is 17.5 Å². The summed E-state index contributed by atoms with van der Waals surface area (Å²) in [4.78, 5) is 31.2. The topological polar surface area (TPSA) is 52.6 Å². The highest BCUT2D eigenvalue weighted by molar-refractivity contribution is 5.97. The van der Waals surface area contributed by atoms with E-state index in [9.17, 15) is 9.59 Å². The molecule has 4 aliphatic carbocycles. The number of amides is 2. The van der Waals surface area contributed by atoms with E-state index in [0.717, 1.165) is 30.8 Å². The van der Waals surface area contributed by atoms with Gasteiger partial charge in [0.2, 0.25) is 5.91 Å². The van der Waals surface area contributed by atoms with E-state index in [0.29, 0.717) is 24.1 Å². The lowest BCUT2D eigenvalue weighted by molar-refractivity contribution is -0.134. The van der Waals surface area contributed by atoms with Crippen molar-refractivity contribution in [1.82, 2.24) is 10.2 Å². The van der Waals surface area contributed by atoms with Gasteiger partial charge in [-0.3, -0.25) is 9.59 Å². The smallest absolute Gasteiger partial charge is 0.251 e. The number of hydrogen-bond acceptors (Lipinski definition) is 3. The van der Waals surface area contributed by atoms with Gasteiger partial charge in [-0.15, -0.1) is 0 Å². The zero-order valence-corrected chi connectivity index (χ0v) is 24.2. The number of rotatable bonds is 6. The van der Waals surface area contributed by atoms with Crippen LogP contribution in [0.3, 0.4) is 0 Å². The molecule has 1 saturated heterocycles. The van der Waals surface area contributed by atoms with Crippen molar-refractivity contribution < 1.29 is 9.59 Å². The molecule has 1 heterocycles. The maximum Gasteiger partial charge on any atom is 0.251 e. The Labute approximate surface area is 234 Å². The second-order valence-corrected chi connectivity index (χ2v) is 13.6. The first kappa shape index (κ1) is 26.4. The van der Waals surface area contributed by atoms with Crippen LogP contribution in [0.15, 0.2) is 42.5 Å². The Hall–Kier alpha value is -2.82. The van der Waals surface area contributed by atoms with Crippen molar-refractivity contribution in [3.8, 4) is 0 Å². The quantitative estimate of drug-likeness (QED) is 0.511. The number of hydrogen-bond donors (Lipinski definition) is 1. The number of piperazine rings is 1. The molecule has 0 unspecified atom stereocenters. The van der Waals surface area contributed by atoms with Gasteiger partial charge in [0.1, 0.15) is 6.04 Å². The first-order chi connectivity index (χ1) is 18.7. The van der Waals surface area contributed by atoms with Crippen molar-refractivity contribution in [2.75, 3.05) is 31.1 Å². The molecule has 7 rings (SSSR count). The minimum Gasteiger partial charge on any atom is -0.368 e. The highest BCUT2D eigenvalue weighted by Gasteiger charge is 2.51. The molecular weight excluding hydrogens is 482 g/mol. The van der Waals surface area contributed by atoms with Gasteiger partial charge < -0.3 is 15.1 Å². The third-order valence-electron chi connectivity index (χ3n) is 10.3. The highest BCUT2D eigenvalue weighted by atomic mass is 16.2. The summed E-state index contributed by atoms with van der Waals surface area (Å²) in [6.07, 6.45) is 8.28. The van der Waals surface area contributed by atoms with E-state index in [4.69, 9.17) is 0 Å². The second-order valence-electron chi connectivity index (χ2n) is 13.6. The Kier molecular flexibility index (Phi) is 6.97. The van der Waals surface area contributed by atoms with Gasteiger partial charge >= 0.3 is 0 Å². The van der Waals surface area contributed by atoms with Crippen LogP contribution in [0.5, 0.6) is 0 Å². The predicted molar refractivity (Wildman–Crippen MR) is 157 cm³/mol. The largest absolute Gasteiger partial charge is 0.368 e. The van der Waals surface area contributed by atoms with E-state index in [1.807, 2.05) is 30.9 Å². The summed E-state index contributed by atoms with van der Waals surface area (Å²) >= 11 is 0. The molecular formula is C34H45N3O2. The van der Waals surface area contributed by atoms with Crippen LogP contribution in [-0.4, -0.2) is 48.9 Å². The number of aryl methyl sites for hydroxylation is 2. The first-order valence-corrected chi connectivity index (χ1v) is 15.2. The number of anilines is 1. The highest BCUT2D eigenvalue weighted by Crippen LogP contribution is 2.60. The summed E-state index contributed by atoms with van der Waals surface area (Å²) in [5, 5.41) is 3.10. The van der Waals surface area contributed by atoms with Crippen LogP contribution < -0.4 is 10.2 Å². The Morgan fingerprint density at radius 1 is 0.846 bits per heavy atom. The van der Waals surface area contributed by atoms with Gasteiger partial charge in [-0.1, -0.05) is 38.1 Å². The molecule has 5 aliphatic rings. The van der Waals surface area contributed by atoms with E-state index >= 15 is 0 Å². The number of carbonyl (C=O) groups is 2. The van der Waals surface area contributed by atoms with Crippen LogP contribution in [-0.2, 0) is 10.2 Å². The molecule has 2 aromatic rings. The minimum atomic E-state index is -0.521. The summed E-state index contributed by atoms with van der Waals surface area (Å²) in [7, 11) is 0. The van der Waals surface area contributed by atoms with Crippen LogP contribution >= 0.6 is 0 Å². The standard InChI is InChI=1S/C34H45N3O2/c1-22(2)31(33(39)37-13-11-36(12-14-37)30-15-23(3)5-6-24(30)4)35-32(38)28-7-9-29(10-8-28)34-19-25-16-26(20-34)18-27(17-25)21-34/h5-10,15,22,25-27,31H,11-14,16-21H2,1-4H3,(H,35,38)/t25?,26?,27?,31-,34?/m0/s1. The molecule has 5 nitrogen and oxygen atoms in total. The first-order valence-electron chi connectivity index (χ1n) is 15.2. The van der Waals surface area contributed by atoms with Crippen LogP contribution in [0.4, 0.5) is 5.69 Å². The van der Waals surface area contributed by atoms with Crippen LogP contribution in [0.2, 0.25) is 0 Å². The third-order valence-corrected chi connectivity index (χ3v) is 10.3. The lowest BCUT2D eigenvalue weighted by Crippen LogP contribution is -2.56. The molecule has 39 heavy (non-hydrogen) atoms. The molecule has 1 atom stereocenters. The zero-order chi connectivity index (χ0) is 27.3. The SMILES string of the molecule is Cc1ccc(C)c(N2CCN(C(=O)[C@@H](NC(=O)c3ccc(C45CC6CC(CC(C6)C4)C5)cc3)C(C)C)CC2)c1. The molecule has 2 amide bonds. The maximum absolute atomic E-state index is 13.6. The van der Waals surface area contributed by atoms with Gasteiger partial charge in [-0.05, 0) is 116 Å². The van der Waals surface area contributed by atoms with Crippen molar-refractivity contribution in [3.63, 3.8) is 0 Å².